The molecule has 0 aromatic carbocycles. The highest BCUT2D eigenvalue weighted by Crippen LogP contribution is 2.28. The normalized spacial score (nSPS) is 14.5. The number of nitrogens with zero attached hydrogens (tertiary/aromatic N) is 1. The molecule has 2 unspecified atom stereocenters. The van der Waals surface area contributed by atoms with Gasteiger partial charge in [-0.2, -0.15) is 5.26 Å². The Hall–Kier alpha value is -0.250. The fourth-order valence-corrected chi connectivity index (χ4v) is 4.14. The predicted molar refractivity (Wildman–Crippen MR) is 116 cm³/mol. The van der Waals surface area contributed by atoms with Crippen molar-refractivity contribution in [1.82, 2.24) is 0 Å². The first-order chi connectivity index (χ1) is 11.9. The van der Waals surface area contributed by atoms with Gasteiger partial charge in [0, 0.05) is 5.92 Å². The van der Waals surface area contributed by atoms with E-state index in [1.165, 1.54) is 57.8 Å². The lowest BCUT2D eigenvalue weighted by atomic mass is 9.97. The van der Waals surface area contributed by atoms with Gasteiger partial charge in [-0.1, -0.05) is 83.9 Å². The molecule has 0 saturated carbocycles. The zero-order valence-electron chi connectivity index (χ0n) is 15.6. The van der Waals surface area contributed by atoms with E-state index in [9.17, 15) is 4.79 Å². The Morgan fingerprint density at radius 2 is 1.64 bits per heavy atom. The van der Waals surface area contributed by atoms with Crippen molar-refractivity contribution in [2.45, 2.75) is 89.2 Å². The fraction of sp³-hybridized carbons (Fsp3) is 0.842. The molecule has 0 bridgehead atoms. The van der Waals surface area contributed by atoms with Crippen molar-refractivity contribution in [1.29, 1.82) is 5.26 Å². The van der Waals surface area contributed by atoms with Crippen LogP contribution in [0.4, 0.5) is 0 Å². The van der Waals surface area contributed by atoms with Crippen LogP contribution < -0.4 is 0 Å². The summed E-state index contributed by atoms with van der Waals surface area (Å²) in [6, 6.07) is 1.77. The van der Waals surface area contributed by atoms with Crippen molar-refractivity contribution in [3.63, 3.8) is 0 Å². The van der Waals surface area contributed by atoms with E-state index in [0.29, 0.717) is 0 Å². The number of carboxylic acid groups (broad SMARTS) is 1. The van der Waals surface area contributed by atoms with Crippen LogP contribution in [0.1, 0.15) is 84.5 Å². The minimum atomic E-state index is -1.65. The average molecular weight is 404 g/mol. The molecule has 0 aliphatic carbocycles. The first-order valence-electron chi connectivity index (χ1n) is 9.41. The average Bonchev–Trinajstić information content (AvgIpc) is 2.59. The van der Waals surface area contributed by atoms with E-state index in [1.807, 2.05) is 6.92 Å². The van der Waals surface area contributed by atoms with Crippen LogP contribution in [0, 0.1) is 17.2 Å². The molecule has 144 valence electrons. The molecule has 6 heteroatoms. The monoisotopic (exact) mass is 403 g/mol. The largest absolute Gasteiger partial charge is 0.479 e. The Morgan fingerprint density at radius 3 is 2.08 bits per heavy atom. The van der Waals surface area contributed by atoms with Gasteiger partial charge >= 0.3 is 5.97 Å². The summed E-state index contributed by atoms with van der Waals surface area (Å²) in [5.74, 6) is -0.345. The maximum atomic E-state index is 11.1. The molecular formula is C19H33NO2S3. The number of thiocarbonyl (C=S) groups is 1. The third-order valence-electron chi connectivity index (χ3n) is 4.28. The smallest absolute Gasteiger partial charge is 0.334 e. The molecule has 0 aromatic rings. The molecule has 25 heavy (non-hydrogen) atoms. The molecule has 2 atom stereocenters. The van der Waals surface area contributed by atoms with Gasteiger partial charge in [-0.25, -0.2) is 4.79 Å². The van der Waals surface area contributed by atoms with Gasteiger partial charge in [0.2, 0.25) is 0 Å². The maximum absolute atomic E-state index is 11.1. The minimum Gasteiger partial charge on any atom is -0.479 e. The molecular weight excluding hydrogens is 370 g/mol. The summed E-state index contributed by atoms with van der Waals surface area (Å²) in [6.07, 6.45) is 13.2. The van der Waals surface area contributed by atoms with Crippen molar-refractivity contribution in [3.8, 4) is 6.07 Å². The topological polar surface area (TPSA) is 61.1 Å². The first kappa shape index (κ1) is 24.8. The minimum absolute atomic E-state index is 0.114. The van der Waals surface area contributed by atoms with Gasteiger partial charge in [0.05, 0.1) is 10.3 Å². The van der Waals surface area contributed by atoms with Crippen molar-refractivity contribution in [2.24, 2.45) is 5.92 Å². The van der Waals surface area contributed by atoms with Crippen molar-refractivity contribution < 1.29 is 9.90 Å². The van der Waals surface area contributed by atoms with E-state index < -0.39 is 10.7 Å². The third-order valence-corrected chi connectivity index (χ3v) is 6.69. The van der Waals surface area contributed by atoms with Gasteiger partial charge in [-0.15, -0.1) is 24.4 Å². The molecule has 0 heterocycles. The Kier molecular flexibility index (Phi) is 14.7. The summed E-state index contributed by atoms with van der Waals surface area (Å²) >= 11 is 11.0. The maximum Gasteiger partial charge on any atom is 0.334 e. The first-order valence-corrected chi connectivity index (χ1v) is 11.2. The van der Waals surface area contributed by atoms with Gasteiger partial charge in [0.1, 0.15) is 0 Å². The molecule has 0 aliphatic heterocycles. The number of nitriles is 1. The quantitative estimate of drug-likeness (QED) is 0.192. The molecule has 0 aromatic heterocycles. The van der Waals surface area contributed by atoms with E-state index in [1.54, 1.807) is 17.8 Å². The lowest BCUT2D eigenvalue weighted by Gasteiger charge is -2.20. The summed E-state index contributed by atoms with van der Waals surface area (Å²) in [6.45, 7) is 4.12. The molecule has 0 rings (SSSR count). The van der Waals surface area contributed by atoms with Gasteiger partial charge in [0.15, 0.2) is 4.75 Å². The van der Waals surface area contributed by atoms with Crippen LogP contribution in [0.3, 0.4) is 0 Å². The van der Waals surface area contributed by atoms with Gasteiger partial charge < -0.3 is 5.11 Å². The summed E-state index contributed by atoms with van der Waals surface area (Å²) in [5.41, 5.74) is 0. The van der Waals surface area contributed by atoms with Crippen LogP contribution >= 0.6 is 36.6 Å². The predicted octanol–water partition coefficient (Wildman–Crippen LogP) is 6.27. The van der Waals surface area contributed by atoms with Crippen LogP contribution in [-0.4, -0.2) is 25.8 Å². The van der Waals surface area contributed by atoms with Crippen LogP contribution in [0.15, 0.2) is 0 Å². The van der Waals surface area contributed by atoms with Gasteiger partial charge in [-0.3, -0.25) is 0 Å². The molecule has 0 fully saturated rings. The molecule has 0 radical (unpaired) electrons. The highest BCUT2D eigenvalue weighted by atomic mass is 32.2. The van der Waals surface area contributed by atoms with Crippen LogP contribution in [0.5, 0.6) is 0 Å². The zero-order valence-corrected chi connectivity index (χ0v) is 18.2. The SMILES string of the molecule is CCCCCCCCCCCCSC(=S)C(C)CC(S)(C#N)C(=O)O. The number of hydrogen-bond acceptors (Lipinski definition) is 5. The van der Waals surface area contributed by atoms with Gasteiger partial charge in [0.25, 0.3) is 0 Å². The summed E-state index contributed by atoms with van der Waals surface area (Å²) in [7, 11) is 0. The lowest BCUT2D eigenvalue weighted by Crippen LogP contribution is -2.33. The summed E-state index contributed by atoms with van der Waals surface area (Å²) in [5, 5.41) is 18.1. The second-order valence-electron chi connectivity index (χ2n) is 6.73. The number of aliphatic carboxylic acids is 1. The van der Waals surface area contributed by atoms with E-state index in [-0.39, 0.29) is 12.3 Å². The Bertz CT molecular complexity index is 437. The lowest BCUT2D eigenvalue weighted by molar-refractivity contribution is -0.138. The van der Waals surface area contributed by atoms with Gasteiger partial charge in [-0.05, 0) is 18.6 Å². The highest BCUT2D eigenvalue weighted by Gasteiger charge is 2.37. The van der Waals surface area contributed by atoms with E-state index in [4.69, 9.17) is 22.6 Å². The number of carboxylic acids is 1. The molecule has 0 saturated heterocycles. The standard InChI is InChI=1S/C19H33NO2S3/c1-3-4-5-6-7-8-9-10-11-12-13-25-17(23)16(2)14-19(24,15-20)18(21)22/h16,24H,3-14H2,1-2H3,(H,21,22). The van der Waals surface area contributed by atoms with Crippen molar-refractivity contribution in [2.75, 3.05) is 5.75 Å². The van der Waals surface area contributed by atoms with Crippen LogP contribution in [-0.2, 0) is 4.79 Å². The number of thioether (sulfide) groups is 1. The number of thiol groups is 1. The number of unbranched alkanes of at least 4 members (excludes halogenated alkanes) is 9. The Morgan fingerprint density at radius 1 is 1.16 bits per heavy atom. The fourth-order valence-electron chi connectivity index (χ4n) is 2.61. The zero-order chi connectivity index (χ0) is 19.1. The molecule has 1 N–H and O–H groups in total. The van der Waals surface area contributed by atoms with Crippen LogP contribution in [0.2, 0.25) is 0 Å². The third kappa shape index (κ3) is 11.9. The summed E-state index contributed by atoms with van der Waals surface area (Å²) < 4.78 is -0.868. The Labute approximate surface area is 168 Å². The van der Waals surface area contributed by atoms with E-state index >= 15 is 0 Å². The summed E-state index contributed by atoms with van der Waals surface area (Å²) in [4.78, 5) is 11.1. The molecule has 0 aliphatic rings. The van der Waals surface area contributed by atoms with E-state index in [0.717, 1.165) is 16.4 Å². The number of carbonyl (C=O) groups is 1. The second-order valence-corrected chi connectivity index (χ2v) is 9.33. The molecule has 0 amide bonds. The van der Waals surface area contributed by atoms with Crippen molar-refractivity contribution >= 4 is 46.8 Å². The van der Waals surface area contributed by atoms with E-state index in [2.05, 4.69) is 19.6 Å². The molecule has 3 nitrogen and oxygen atoms in total. The number of hydrogen-bond donors (Lipinski definition) is 2. The van der Waals surface area contributed by atoms with Crippen molar-refractivity contribution in [3.05, 3.63) is 0 Å². The molecule has 0 spiro atoms. The number of rotatable bonds is 15. The van der Waals surface area contributed by atoms with Crippen LogP contribution in [0.25, 0.3) is 0 Å². The highest BCUT2D eigenvalue weighted by molar-refractivity contribution is 8.23. The Balaban J connectivity index is 3.70. The second kappa shape index (κ2) is 14.9.